The Morgan fingerprint density at radius 3 is 2.93 bits per heavy atom. The fraction of sp³-hybridized carbons (Fsp3) is 0.273. The summed E-state index contributed by atoms with van der Waals surface area (Å²) in [6.07, 6.45) is 1.60. The largest absolute Gasteiger partial charge is 0.236 e. The molecule has 0 fully saturated rings. The number of rotatable bonds is 3. The van der Waals surface area contributed by atoms with Gasteiger partial charge in [0.2, 0.25) is 0 Å². The fourth-order valence-corrected chi connectivity index (χ4v) is 2.34. The summed E-state index contributed by atoms with van der Waals surface area (Å²) in [6.45, 7) is 2.09. The summed E-state index contributed by atoms with van der Waals surface area (Å²) in [5.74, 6) is 0.628. The second-order valence-electron chi connectivity index (χ2n) is 3.28. The Morgan fingerprint density at radius 1 is 1.33 bits per heavy atom. The molecule has 15 heavy (non-hydrogen) atoms. The molecule has 1 aromatic heterocycles. The van der Waals surface area contributed by atoms with Crippen molar-refractivity contribution in [1.29, 1.82) is 0 Å². The Balaban J connectivity index is 2.42. The van der Waals surface area contributed by atoms with E-state index in [1.165, 1.54) is 0 Å². The van der Waals surface area contributed by atoms with Gasteiger partial charge in [0.1, 0.15) is 11.4 Å². The monoisotopic (exact) mass is 238 g/mol. The van der Waals surface area contributed by atoms with Gasteiger partial charge in [0.05, 0.1) is 5.52 Å². The first-order valence-corrected chi connectivity index (χ1v) is 6.15. The van der Waals surface area contributed by atoms with Crippen molar-refractivity contribution >= 4 is 34.3 Å². The zero-order chi connectivity index (χ0) is 10.7. The number of hydrogen-bond donors (Lipinski definition) is 0. The number of benzene rings is 1. The van der Waals surface area contributed by atoms with Crippen LogP contribution in [-0.4, -0.2) is 21.1 Å². The molecule has 0 aliphatic heterocycles. The molecule has 0 saturated carbocycles. The van der Waals surface area contributed by atoms with Crippen molar-refractivity contribution in [3.63, 3.8) is 0 Å². The Bertz CT molecular complexity index is 456. The summed E-state index contributed by atoms with van der Waals surface area (Å²) in [7, 11) is 0. The number of alkyl halides is 1. The average Bonchev–Trinajstić information content (AvgIpc) is 2.29. The third-order valence-electron chi connectivity index (χ3n) is 2.04. The topological polar surface area (TPSA) is 25.8 Å². The van der Waals surface area contributed by atoms with E-state index < -0.39 is 0 Å². The smallest absolute Gasteiger partial charge is 0.117 e. The number of hydrogen-bond acceptors (Lipinski definition) is 3. The molecular weight excluding hydrogens is 228 g/mol. The molecule has 0 saturated heterocycles. The van der Waals surface area contributed by atoms with Gasteiger partial charge in [0.25, 0.3) is 0 Å². The van der Waals surface area contributed by atoms with Crippen molar-refractivity contribution in [1.82, 2.24) is 9.97 Å². The van der Waals surface area contributed by atoms with E-state index in [1.54, 1.807) is 18.1 Å². The van der Waals surface area contributed by atoms with Crippen molar-refractivity contribution in [3.8, 4) is 0 Å². The summed E-state index contributed by atoms with van der Waals surface area (Å²) >= 11 is 7.48. The van der Waals surface area contributed by atoms with Crippen LogP contribution < -0.4 is 0 Å². The summed E-state index contributed by atoms with van der Waals surface area (Å²) in [6, 6.07) is 8.01. The summed E-state index contributed by atoms with van der Waals surface area (Å²) < 4.78 is 0. The molecule has 0 N–H and O–H groups in total. The third kappa shape index (κ3) is 2.41. The number of halogens is 1. The normalized spacial score (nSPS) is 12.9. The van der Waals surface area contributed by atoms with Crippen molar-refractivity contribution in [3.05, 3.63) is 30.6 Å². The third-order valence-corrected chi connectivity index (χ3v) is 3.80. The highest BCUT2D eigenvalue weighted by atomic mass is 35.5. The Hall–Kier alpha value is -0.800. The van der Waals surface area contributed by atoms with Crippen LogP contribution in [0.3, 0.4) is 0 Å². The Morgan fingerprint density at radius 2 is 2.13 bits per heavy atom. The van der Waals surface area contributed by atoms with E-state index in [1.807, 2.05) is 24.3 Å². The molecule has 1 heterocycles. The fourth-order valence-electron chi connectivity index (χ4n) is 1.30. The highest BCUT2D eigenvalue weighted by Gasteiger charge is 2.07. The minimum Gasteiger partial charge on any atom is -0.236 e. The molecule has 2 rings (SSSR count). The van der Waals surface area contributed by atoms with Crippen LogP contribution in [0.2, 0.25) is 0 Å². The maximum Gasteiger partial charge on any atom is 0.117 e. The molecule has 0 bridgehead atoms. The quantitative estimate of drug-likeness (QED) is 0.466. The van der Waals surface area contributed by atoms with Crippen LogP contribution >= 0.6 is 23.4 Å². The molecule has 1 aromatic carbocycles. The number of para-hydroxylation sites is 1. The zero-order valence-electron chi connectivity index (χ0n) is 8.35. The lowest BCUT2D eigenvalue weighted by Crippen LogP contribution is -1.98. The van der Waals surface area contributed by atoms with Crippen LogP contribution in [0, 0.1) is 0 Å². The minimum atomic E-state index is 0.366. The van der Waals surface area contributed by atoms with E-state index in [9.17, 15) is 0 Å². The number of nitrogens with zero attached hydrogens (tertiary/aromatic N) is 2. The van der Waals surface area contributed by atoms with Crippen molar-refractivity contribution in [2.45, 2.75) is 17.2 Å². The van der Waals surface area contributed by atoms with E-state index in [4.69, 9.17) is 11.6 Å². The van der Waals surface area contributed by atoms with E-state index in [-0.39, 0.29) is 0 Å². The summed E-state index contributed by atoms with van der Waals surface area (Å²) in [5, 5.41) is 2.47. The SMILES string of the molecule is CC(CCl)Sc1ncnc2ccccc12. The van der Waals surface area contributed by atoms with E-state index >= 15 is 0 Å². The lowest BCUT2D eigenvalue weighted by molar-refractivity contribution is 1.07. The maximum absolute atomic E-state index is 5.79. The van der Waals surface area contributed by atoms with Gasteiger partial charge in [-0.15, -0.1) is 23.4 Å². The molecule has 0 aliphatic carbocycles. The number of fused-ring (bicyclic) bond motifs is 1. The maximum atomic E-state index is 5.79. The lowest BCUT2D eigenvalue weighted by Gasteiger charge is -2.08. The van der Waals surface area contributed by atoms with Gasteiger partial charge in [0.15, 0.2) is 0 Å². The predicted molar refractivity (Wildman–Crippen MR) is 65.6 cm³/mol. The van der Waals surface area contributed by atoms with Crippen LogP contribution in [0.15, 0.2) is 35.6 Å². The molecule has 78 valence electrons. The second kappa shape index (κ2) is 4.81. The van der Waals surface area contributed by atoms with Crippen molar-refractivity contribution < 1.29 is 0 Å². The van der Waals surface area contributed by atoms with Gasteiger partial charge in [-0.2, -0.15) is 0 Å². The second-order valence-corrected chi connectivity index (χ2v) is 5.01. The lowest BCUT2D eigenvalue weighted by atomic mass is 10.2. The predicted octanol–water partition coefficient (Wildman–Crippen LogP) is 3.35. The first-order valence-electron chi connectivity index (χ1n) is 4.73. The molecule has 1 atom stereocenters. The summed E-state index contributed by atoms with van der Waals surface area (Å²) in [5.41, 5.74) is 0.983. The highest BCUT2D eigenvalue weighted by Crippen LogP contribution is 2.27. The highest BCUT2D eigenvalue weighted by molar-refractivity contribution is 8.00. The van der Waals surface area contributed by atoms with E-state index in [0.717, 1.165) is 15.9 Å². The Labute approximate surface area is 98.1 Å². The van der Waals surface area contributed by atoms with Crippen LogP contribution in [0.1, 0.15) is 6.92 Å². The standard InChI is InChI=1S/C11H11ClN2S/c1-8(6-12)15-11-9-4-2-3-5-10(9)13-7-14-11/h2-5,7-8H,6H2,1H3. The number of aromatic nitrogens is 2. The molecule has 0 spiro atoms. The molecule has 2 nitrogen and oxygen atoms in total. The zero-order valence-corrected chi connectivity index (χ0v) is 9.92. The van der Waals surface area contributed by atoms with Gasteiger partial charge in [0, 0.05) is 16.5 Å². The molecule has 1 unspecified atom stereocenters. The van der Waals surface area contributed by atoms with Gasteiger partial charge in [-0.05, 0) is 6.07 Å². The van der Waals surface area contributed by atoms with Crippen molar-refractivity contribution in [2.75, 3.05) is 5.88 Å². The first kappa shape index (κ1) is 10.7. The average molecular weight is 239 g/mol. The van der Waals surface area contributed by atoms with E-state index in [2.05, 4.69) is 16.9 Å². The Kier molecular flexibility index (Phi) is 3.44. The van der Waals surface area contributed by atoms with Gasteiger partial charge >= 0.3 is 0 Å². The van der Waals surface area contributed by atoms with Crippen LogP contribution in [0.25, 0.3) is 10.9 Å². The molecule has 0 amide bonds. The molecule has 0 radical (unpaired) electrons. The molecule has 0 aliphatic rings. The summed E-state index contributed by atoms with van der Waals surface area (Å²) in [4.78, 5) is 8.51. The van der Waals surface area contributed by atoms with E-state index in [0.29, 0.717) is 11.1 Å². The molecule has 2 aromatic rings. The molecular formula is C11H11ClN2S. The minimum absolute atomic E-state index is 0.366. The van der Waals surface area contributed by atoms with Crippen LogP contribution in [0.4, 0.5) is 0 Å². The van der Waals surface area contributed by atoms with Gasteiger partial charge in [-0.1, -0.05) is 25.1 Å². The van der Waals surface area contributed by atoms with Gasteiger partial charge < -0.3 is 0 Å². The van der Waals surface area contributed by atoms with Crippen LogP contribution in [-0.2, 0) is 0 Å². The first-order chi connectivity index (χ1) is 7.31. The van der Waals surface area contributed by atoms with Gasteiger partial charge in [-0.25, -0.2) is 9.97 Å². The number of thioether (sulfide) groups is 1. The van der Waals surface area contributed by atoms with Crippen molar-refractivity contribution in [2.24, 2.45) is 0 Å². The van der Waals surface area contributed by atoms with Crippen LogP contribution in [0.5, 0.6) is 0 Å². The molecule has 4 heteroatoms. The van der Waals surface area contributed by atoms with Gasteiger partial charge in [-0.3, -0.25) is 0 Å².